The predicted molar refractivity (Wildman–Crippen MR) is 118 cm³/mol. The molecule has 0 spiro atoms. The SMILES string of the molecule is Cc1ccc(C(=O)C[C@]2(O)C(=O)N(CCCc3ccccc3)c3ccccc32)cc1. The van der Waals surface area contributed by atoms with Crippen LogP contribution in [0.15, 0.2) is 78.9 Å². The van der Waals surface area contributed by atoms with Gasteiger partial charge in [-0.3, -0.25) is 9.59 Å². The van der Waals surface area contributed by atoms with Gasteiger partial charge in [-0.1, -0.05) is 78.4 Å². The molecular weight excluding hydrogens is 374 g/mol. The quantitative estimate of drug-likeness (QED) is 0.598. The topological polar surface area (TPSA) is 57.6 Å². The lowest BCUT2D eigenvalue weighted by Gasteiger charge is -2.23. The van der Waals surface area contributed by atoms with Crippen molar-refractivity contribution >= 4 is 17.4 Å². The summed E-state index contributed by atoms with van der Waals surface area (Å²) in [4.78, 5) is 27.7. The monoisotopic (exact) mass is 399 g/mol. The van der Waals surface area contributed by atoms with Gasteiger partial charge >= 0.3 is 0 Å². The van der Waals surface area contributed by atoms with E-state index in [4.69, 9.17) is 0 Å². The predicted octanol–water partition coefficient (Wildman–Crippen LogP) is 4.44. The van der Waals surface area contributed by atoms with E-state index in [1.807, 2.05) is 49.4 Å². The fourth-order valence-electron chi connectivity index (χ4n) is 4.06. The Morgan fingerprint density at radius 1 is 0.933 bits per heavy atom. The molecule has 0 aliphatic carbocycles. The Morgan fingerprint density at radius 2 is 1.60 bits per heavy atom. The zero-order valence-corrected chi connectivity index (χ0v) is 17.0. The van der Waals surface area contributed by atoms with E-state index < -0.39 is 11.5 Å². The highest BCUT2D eigenvalue weighted by Crippen LogP contribution is 2.42. The summed E-state index contributed by atoms with van der Waals surface area (Å²) in [5, 5.41) is 11.4. The van der Waals surface area contributed by atoms with Crippen LogP contribution in [0.5, 0.6) is 0 Å². The zero-order valence-electron chi connectivity index (χ0n) is 17.0. The number of hydrogen-bond acceptors (Lipinski definition) is 3. The Bertz CT molecular complexity index is 1060. The van der Waals surface area contributed by atoms with Crippen LogP contribution in [0.2, 0.25) is 0 Å². The normalized spacial score (nSPS) is 17.8. The van der Waals surface area contributed by atoms with Gasteiger partial charge in [-0.2, -0.15) is 0 Å². The first-order chi connectivity index (χ1) is 14.5. The van der Waals surface area contributed by atoms with Gasteiger partial charge in [0.05, 0.1) is 12.1 Å². The van der Waals surface area contributed by atoms with Crippen LogP contribution in [-0.2, 0) is 16.8 Å². The Hall–Kier alpha value is -3.24. The maximum atomic E-state index is 13.3. The van der Waals surface area contributed by atoms with Crippen molar-refractivity contribution in [3.05, 3.63) is 101 Å². The third kappa shape index (κ3) is 3.79. The number of nitrogens with zero attached hydrogens (tertiary/aromatic N) is 1. The lowest BCUT2D eigenvalue weighted by atomic mass is 9.88. The smallest absolute Gasteiger partial charge is 0.264 e. The van der Waals surface area contributed by atoms with Gasteiger partial charge in [-0.05, 0) is 31.4 Å². The highest BCUT2D eigenvalue weighted by atomic mass is 16.3. The number of hydrogen-bond donors (Lipinski definition) is 1. The zero-order chi connectivity index (χ0) is 21.1. The van der Waals surface area contributed by atoms with E-state index >= 15 is 0 Å². The van der Waals surface area contributed by atoms with Crippen molar-refractivity contribution in [3.8, 4) is 0 Å². The second-order valence-electron chi connectivity index (χ2n) is 7.89. The van der Waals surface area contributed by atoms with Gasteiger partial charge in [-0.15, -0.1) is 0 Å². The fourth-order valence-corrected chi connectivity index (χ4v) is 4.06. The van der Waals surface area contributed by atoms with Gasteiger partial charge in [0.25, 0.3) is 5.91 Å². The summed E-state index contributed by atoms with van der Waals surface area (Å²) < 4.78 is 0. The molecule has 1 N–H and O–H groups in total. The Kier molecular flexibility index (Phi) is 5.51. The number of anilines is 1. The van der Waals surface area contributed by atoms with Crippen molar-refractivity contribution < 1.29 is 14.7 Å². The van der Waals surface area contributed by atoms with E-state index in [1.165, 1.54) is 5.56 Å². The molecule has 1 amide bonds. The number of para-hydroxylation sites is 1. The van der Waals surface area contributed by atoms with E-state index in [2.05, 4.69) is 12.1 Å². The van der Waals surface area contributed by atoms with Crippen molar-refractivity contribution in [2.24, 2.45) is 0 Å². The lowest BCUT2D eigenvalue weighted by molar-refractivity contribution is -0.135. The molecule has 4 rings (SSSR count). The molecule has 0 saturated heterocycles. The van der Waals surface area contributed by atoms with E-state index in [0.717, 1.165) is 18.4 Å². The number of carbonyl (C=O) groups is 2. The number of fused-ring (bicyclic) bond motifs is 1. The largest absolute Gasteiger partial charge is 0.375 e. The minimum atomic E-state index is -1.83. The molecule has 4 nitrogen and oxygen atoms in total. The second-order valence-corrected chi connectivity index (χ2v) is 7.89. The van der Waals surface area contributed by atoms with E-state index in [-0.39, 0.29) is 12.2 Å². The van der Waals surface area contributed by atoms with Gasteiger partial charge < -0.3 is 10.0 Å². The first-order valence-corrected chi connectivity index (χ1v) is 10.3. The molecule has 3 aromatic carbocycles. The molecule has 1 aliphatic heterocycles. The first-order valence-electron chi connectivity index (χ1n) is 10.3. The molecule has 0 fully saturated rings. The molecular formula is C26H25NO3. The maximum Gasteiger partial charge on any atom is 0.264 e. The number of aliphatic hydroxyl groups is 1. The molecule has 1 atom stereocenters. The van der Waals surface area contributed by atoms with Crippen molar-refractivity contribution in [2.75, 3.05) is 11.4 Å². The average Bonchev–Trinajstić information content (AvgIpc) is 2.97. The van der Waals surface area contributed by atoms with Crippen LogP contribution in [-0.4, -0.2) is 23.3 Å². The fraction of sp³-hybridized carbons (Fsp3) is 0.231. The molecule has 0 aromatic heterocycles. The summed E-state index contributed by atoms with van der Waals surface area (Å²) in [6.45, 7) is 2.44. The van der Waals surface area contributed by atoms with Crippen molar-refractivity contribution in [1.82, 2.24) is 0 Å². The standard InChI is InChI=1S/C26H25NO3/c1-19-13-15-21(16-14-19)24(28)18-26(30)22-11-5-6-12-23(22)27(25(26)29)17-7-10-20-8-3-2-4-9-20/h2-6,8-9,11-16,30H,7,10,17-18H2,1H3/t26-/m1/s1. The minimum absolute atomic E-state index is 0.244. The number of benzene rings is 3. The second kappa shape index (κ2) is 8.25. The van der Waals surface area contributed by atoms with Crippen molar-refractivity contribution in [1.29, 1.82) is 0 Å². The summed E-state index contributed by atoms with van der Waals surface area (Å²) in [7, 11) is 0. The molecule has 30 heavy (non-hydrogen) atoms. The van der Waals surface area contributed by atoms with Crippen LogP contribution in [0.4, 0.5) is 5.69 Å². The number of Topliss-reactive ketones (excluding diaryl/α,β-unsaturated/α-hetero) is 1. The first kappa shape index (κ1) is 20.0. The molecule has 1 heterocycles. The number of carbonyl (C=O) groups excluding carboxylic acids is 2. The van der Waals surface area contributed by atoms with E-state index in [9.17, 15) is 14.7 Å². The van der Waals surface area contributed by atoms with E-state index in [0.29, 0.717) is 23.4 Å². The summed E-state index contributed by atoms with van der Waals surface area (Å²) in [6.07, 6.45) is 1.35. The molecule has 4 heteroatoms. The van der Waals surface area contributed by atoms with Gasteiger partial charge in [0.1, 0.15) is 0 Å². The van der Waals surface area contributed by atoms with Crippen molar-refractivity contribution in [3.63, 3.8) is 0 Å². The van der Waals surface area contributed by atoms with Gasteiger partial charge in [0, 0.05) is 17.7 Å². The Morgan fingerprint density at radius 3 is 2.33 bits per heavy atom. The summed E-state index contributed by atoms with van der Waals surface area (Å²) in [6, 6.07) is 24.5. The molecule has 0 bridgehead atoms. The molecule has 3 aromatic rings. The number of amides is 1. The molecule has 0 unspecified atom stereocenters. The average molecular weight is 399 g/mol. The Balaban J connectivity index is 1.54. The highest BCUT2D eigenvalue weighted by Gasteiger charge is 2.50. The molecule has 1 aliphatic rings. The van der Waals surface area contributed by atoms with Crippen LogP contribution in [0.3, 0.4) is 0 Å². The minimum Gasteiger partial charge on any atom is -0.375 e. The van der Waals surface area contributed by atoms with Crippen LogP contribution in [0, 0.1) is 6.92 Å². The van der Waals surface area contributed by atoms with Gasteiger partial charge in [-0.25, -0.2) is 0 Å². The summed E-state index contributed by atoms with van der Waals surface area (Å²) in [5.74, 6) is -0.663. The Labute approximate surface area is 176 Å². The van der Waals surface area contributed by atoms with Crippen molar-refractivity contribution in [2.45, 2.75) is 31.8 Å². The molecule has 0 saturated carbocycles. The number of rotatable bonds is 7. The van der Waals surface area contributed by atoms with Crippen LogP contribution in [0.1, 0.15) is 39.9 Å². The van der Waals surface area contributed by atoms with Crippen LogP contribution in [0.25, 0.3) is 0 Å². The third-order valence-electron chi connectivity index (χ3n) is 5.72. The highest BCUT2D eigenvalue weighted by molar-refractivity contribution is 6.10. The van der Waals surface area contributed by atoms with Crippen LogP contribution < -0.4 is 4.90 Å². The van der Waals surface area contributed by atoms with E-state index in [1.54, 1.807) is 29.2 Å². The number of aryl methyl sites for hydroxylation is 2. The van der Waals surface area contributed by atoms with Gasteiger partial charge in [0.2, 0.25) is 0 Å². The maximum absolute atomic E-state index is 13.3. The summed E-state index contributed by atoms with van der Waals surface area (Å²) >= 11 is 0. The van der Waals surface area contributed by atoms with Crippen LogP contribution >= 0.6 is 0 Å². The molecule has 152 valence electrons. The summed E-state index contributed by atoms with van der Waals surface area (Å²) in [5.41, 5.74) is 2.14. The van der Waals surface area contributed by atoms with Gasteiger partial charge in [0.15, 0.2) is 11.4 Å². The number of ketones is 1. The molecule has 0 radical (unpaired) electrons. The third-order valence-corrected chi connectivity index (χ3v) is 5.72. The lowest BCUT2D eigenvalue weighted by Crippen LogP contribution is -2.42.